The van der Waals surface area contributed by atoms with E-state index in [2.05, 4.69) is 27.6 Å². The Bertz CT molecular complexity index is 398. The first kappa shape index (κ1) is 13.1. The Balaban J connectivity index is 2.05. The van der Waals surface area contributed by atoms with Gasteiger partial charge in [0.2, 0.25) is 0 Å². The highest BCUT2D eigenvalue weighted by atomic mass is 15.3. The topological polar surface area (TPSA) is 75.9 Å². The highest BCUT2D eigenvalue weighted by Crippen LogP contribution is 2.41. The lowest BCUT2D eigenvalue weighted by Gasteiger charge is -2.28. The van der Waals surface area contributed by atoms with Gasteiger partial charge in [-0.25, -0.2) is 15.8 Å². The first-order valence-electron chi connectivity index (χ1n) is 6.73. The number of hydrogen-bond donors (Lipinski definition) is 3. The second-order valence-electron chi connectivity index (χ2n) is 5.25. The van der Waals surface area contributed by atoms with Crippen molar-refractivity contribution < 1.29 is 0 Å². The molecule has 0 aromatic carbocycles. The standard InChI is InChI=1S/C13H23N5/c1-3-13(6-4-5-7-13)8-15-11-10(2)12(18-14)17-9-16-11/h9H,3-8,14H2,1-2H3,(H2,15,16,17,18). The van der Waals surface area contributed by atoms with Gasteiger partial charge < -0.3 is 10.7 Å². The van der Waals surface area contributed by atoms with E-state index in [9.17, 15) is 0 Å². The molecule has 0 amide bonds. The van der Waals surface area contributed by atoms with Gasteiger partial charge in [0, 0.05) is 12.1 Å². The average Bonchev–Trinajstić information content (AvgIpc) is 2.87. The zero-order chi connectivity index (χ0) is 13.0. The van der Waals surface area contributed by atoms with Crippen LogP contribution in [0.1, 0.15) is 44.6 Å². The van der Waals surface area contributed by atoms with Crippen LogP contribution in [0.4, 0.5) is 11.6 Å². The second-order valence-corrected chi connectivity index (χ2v) is 5.25. The zero-order valence-electron chi connectivity index (χ0n) is 11.3. The zero-order valence-corrected chi connectivity index (χ0v) is 11.3. The van der Waals surface area contributed by atoms with Crippen LogP contribution in [0.3, 0.4) is 0 Å². The van der Waals surface area contributed by atoms with E-state index in [1.165, 1.54) is 38.4 Å². The van der Waals surface area contributed by atoms with Crippen molar-refractivity contribution in [3.8, 4) is 0 Å². The summed E-state index contributed by atoms with van der Waals surface area (Å²) in [6.45, 7) is 5.25. The maximum absolute atomic E-state index is 5.42. The normalized spacial score (nSPS) is 17.7. The largest absolute Gasteiger partial charge is 0.369 e. The third-order valence-electron chi connectivity index (χ3n) is 4.27. The summed E-state index contributed by atoms with van der Waals surface area (Å²) in [5.74, 6) is 6.99. The van der Waals surface area contributed by atoms with Crippen LogP contribution in [0.5, 0.6) is 0 Å². The van der Waals surface area contributed by atoms with Crippen LogP contribution in [0, 0.1) is 12.3 Å². The molecule has 0 radical (unpaired) electrons. The number of rotatable bonds is 5. The van der Waals surface area contributed by atoms with Gasteiger partial charge in [0.25, 0.3) is 0 Å². The summed E-state index contributed by atoms with van der Waals surface area (Å²) >= 11 is 0. The Labute approximate surface area is 109 Å². The van der Waals surface area contributed by atoms with E-state index < -0.39 is 0 Å². The molecule has 1 saturated carbocycles. The van der Waals surface area contributed by atoms with Crippen LogP contribution < -0.4 is 16.6 Å². The van der Waals surface area contributed by atoms with Gasteiger partial charge in [0.1, 0.15) is 18.0 Å². The SMILES string of the molecule is CCC1(CNc2ncnc(NN)c2C)CCCC1. The third-order valence-corrected chi connectivity index (χ3v) is 4.27. The minimum Gasteiger partial charge on any atom is -0.369 e. The van der Waals surface area contributed by atoms with Crippen molar-refractivity contribution in [1.82, 2.24) is 9.97 Å². The molecule has 1 aliphatic rings. The first-order chi connectivity index (χ1) is 8.71. The predicted octanol–water partition coefficient (Wildman–Crippen LogP) is 2.45. The molecule has 1 fully saturated rings. The molecule has 0 aliphatic heterocycles. The molecule has 1 aromatic rings. The fourth-order valence-corrected chi connectivity index (χ4v) is 2.83. The van der Waals surface area contributed by atoms with E-state index in [-0.39, 0.29) is 0 Å². The fourth-order valence-electron chi connectivity index (χ4n) is 2.83. The van der Waals surface area contributed by atoms with Gasteiger partial charge in [-0.1, -0.05) is 19.8 Å². The summed E-state index contributed by atoms with van der Waals surface area (Å²) in [5, 5.41) is 3.47. The smallest absolute Gasteiger partial charge is 0.148 e. The van der Waals surface area contributed by atoms with Crippen molar-refractivity contribution in [3.63, 3.8) is 0 Å². The Morgan fingerprint density at radius 3 is 2.56 bits per heavy atom. The molecule has 18 heavy (non-hydrogen) atoms. The van der Waals surface area contributed by atoms with Gasteiger partial charge in [-0.15, -0.1) is 0 Å². The maximum atomic E-state index is 5.42. The first-order valence-corrected chi connectivity index (χ1v) is 6.73. The number of nitrogens with zero attached hydrogens (tertiary/aromatic N) is 2. The molecule has 1 aliphatic carbocycles. The molecule has 2 rings (SSSR count). The molecular formula is C13H23N5. The molecule has 0 bridgehead atoms. The van der Waals surface area contributed by atoms with Crippen molar-refractivity contribution >= 4 is 11.6 Å². The van der Waals surface area contributed by atoms with Gasteiger partial charge in [0.05, 0.1) is 0 Å². The molecule has 0 unspecified atom stereocenters. The summed E-state index contributed by atoms with van der Waals surface area (Å²) in [4.78, 5) is 8.38. The van der Waals surface area contributed by atoms with Gasteiger partial charge in [-0.3, -0.25) is 0 Å². The van der Waals surface area contributed by atoms with Crippen molar-refractivity contribution in [2.75, 3.05) is 17.3 Å². The number of aromatic nitrogens is 2. The molecular weight excluding hydrogens is 226 g/mol. The minimum atomic E-state index is 0.452. The molecule has 5 heteroatoms. The molecule has 1 aromatic heterocycles. The number of anilines is 2. The Morgan fingerprint density at radius 1 is 1.28 bits per heavy atom. The predicted molar refractivity (Wildman–Crippen MR) is 74.3 cm³/mol. The maximum Gasteiger partial charge on any atom is 0.148 e. The van der Waals surface area contributed by atoms with E-state index in [4.69, 9.17) is 5.84 Å². The fraction of sp³-hybridized carbons (Fsp3) is 0.692. The highest BCUT2D eigenvalue weighted by Gasteiger charge is 2.31. The number of nitrogens with one attached hydrogen (secondary N) is 2. The summed E-state index contributed by atoms with van der Waals surface area (Å²) in [7, 11) is 0. The molecule has 0 atom stereocenters. The number of hydrogen-bond acceptors (Lipinski definition) is 5. The molecule has 0 spiro atoms. The van der Waals surface area contributed by atoms with Crippen molar-refractivity contribution in [1.29, 1.82) is 0 Å². The van der Waals surface area contributed by atoms with Crippen LogP contribution in [-0.2, 0) is 0 Å². The number of nitrogens with two attached hydrogens (primary N) is 1. The van der Waals surface area contributed by atoms with Gasteiger partial charge in [-0.05, 0) is 31.6 Å². The van der Waals surface area contributed by atoms with E-state index in [1.54, 1.807) is 0 Å². The number of hydrazine groups is 1. The Hall–Kier alpha value is -1.36. The monoisotopic (exact) mass is 249 g/mol. The van der Waals surface area contributed by atoms with E-state index in [1.807, 2.05) is 6.92 Å². The Kier molecular flexibility index (Phi) is 4.01. The lowest BCUT2D eigenvalue weighted by Crippen LogP contribution is -2.26. The Morgan fingerprint density at radius 2 is 1.94 bits per heavy atom. The van der Waals surface area contributed by atoms with Crippen LogP contribution in [0.15, 0.2) is 6.33 Å². The van der Waals surface area contributed by atoms with Crippen LogP contribution in [0.2, 0.25) is 0 Å². The van der Waals surface area contributed by atoms with E-state index in [0.717, 1.165) is 17.9 Å². The second kappa shape index (κ2) is 5.52. The van der Waals surface area contributed by atoms with Gasteiger partial charge in [-0.2, -0.15) is 0 Å². The van der Waals surface area contributed by atoms with Crippen LogP contribution in [-0.4, -0.2) is 16.5 Å². The van der Waals surface area contributed by atoms with E-state index in [0.29, 0.717) is 11.2 Å². The van der Waals surface area contributed by atoms with Gasteiger partial charge in [0.15, 0.2) is 0 Å². The van der Waals surface area contributed by atoms with Crippen molar-refractivity contribution in [2.45, 2.75) is 46.0 Å². The minimum absolute atomic E-state index is 0.452. The number of nitrogen functional groups attached to an aromatic ring is 1. The third kappa shape index (κ3) is 2.56. The lowest BCUT2D eigenvalue weighted by atomic mass is 9.83. The van der Waals surface area contributed by atoms with Crippen molar-refractivity contribution in [2.24, 2.45) is 11.3 Å². The molecule has 100 valence electrons. The summed E-state index contributed by atoms with van der Waals surface area (Å²) in [5.41, 5.74) is 4.02. The van der Waals surface area contributed by atoms with Crippen molar-refractivity contribution in [3.05, 3.63) is 11.9 Å². The summed E-state index contributed by atoms with van der Waals surface area (Å²) in [6, 6.07) is 0. The molecule has 1 heterocycles. The quantitative estimate of drug-likeness (QED) is 0.552. The average molecular weight is 249 g/mol. The molecule has 5 nitrogen and oxygen atoms in total. The summed E-state index contributed by atoms with van der Waals surface area (Å²) < 4.78 is 0. The van der Waals surface area contributed by atoms with E-state index >= 15 is 0 Å². The highest BCUT2D eigenvalue weighted by molar-refractivity contribution is 5.55. The van der Waals surface area contributed by atoms with Crippen LogP contribution >= 0.6 is 0 Å². The molecule has 4 N–H and O–H groups in total. The van der Waals surface area contributed by atoms with Gasteiger partial charge >= 0.3 is 0 Å². The van der Waals surface area contributed by atoms with Crippen LogP contribution in [0.25, 0.3) is 0 Å². The molecule has 0 saturated heterocycles. The lowest BCUT2D eigenvalue weighted by molar-refractivity contribution is 0.306. The summed E-state index contributed by atoms with van der Waals surface area (Å²) in [6.07, 6.45) is 8.12.